The first-order valence-corrected chi connectivity index (χ1v) is 12.1. The Bertz CT molecular complexity index is 1240. The third kappa shape index (κ3) is 5.79. The lowest BCUT2D eigenvalue weighted by Crippen LogP contribution is -2.38. The summed E-state index contributed by atoms with van der Waals surface area (Å²) in [6.45, 7) is 3.69. The van der Waals surface area contributed by atoms with Crippen molar-refractivity contribution >= 4 is 17.4 Å². The molecule has 36 heavy (non-hydrogen) atoms. The van der Waals surface area contributed by atoms with Crippen LogP contribution >= 0.6 is 0 Å². The molecular weight excluding hydrogens is 465 g/mol. The molecule has 3 aromatic rings. The molecule has 2 aromatic carbocycles. The summed E-state index contributed by atoms with van der Waals surface area (Å²) in [4.78, 5) is 29.7. The van der Waals surface area contributed by atoms with E-state index in [9.17, 15) is 14.0 Å². The predicted octanol–water partition coefficient (Wildman–Crippen LogP) is 5.51. The monoisotopic (exact) mass is 495 g/mol. The number of Topliss-reactive ketones (excluding diaryl/α,β-unsaturated/α-hetero) is 1. The van der Waals surface area contributed by atoms with Gasteiger partial charge < -0.3 is 19.3 Å². The number of ether oxygens (including phenoxy) is 1. The molecule has 0 spiro atoms. The molecule has 9 heteroatoms. The quantitative estimate of drug-likeness (QED) is 0.367. The Hall–Kier alpha value is -3.59. The highest BCUT2D eigenvalue weighted by Crippen LogP contribution is 2.32. The van der Waals surface area contributed by atoms with Gasteiger partial charge in [0.05, 0.1) is 12.2 Å². The maximum absolute atomic E-state index is 14.7. The van der Waals surface area contributed by atoms with Gasteiger partial charge in [-0.15, -0.1) is 0 Å². The van der Waals surface area contributed by atoms with Crippen molar-refractivity contribution in [2.24, 2.45) is 0 Å². The van der Waals surface area contributed by atoms with Gasteiger partial charge in [-0.2, -0.15) is 4.98 Å². The van der Waals surface area contributed by atoms with Crippen LogP contribution < -0.4 is 4.90 Å². The highest BCUT2D eigenvalue weighted by Gasteiger charge is 2.22. The topological polar surface area (TPSA) is 106 Å². The van der Waals surface area contributed by atoms with E-state index in [4.69, 9.17) is 14.4 Å². The molecule has 2 heterocycles. The zero-order valence-electron chi connectivity index (χ0n) is 20.5. The number of carbonyl (C=O) groups is 2. The smallest absolute Gasteiger partial charge is 0.303 e. The third-order valence-electron chi connectivity index (χ3n) is 6.49. The number of hydrogen-bond donors (Lipinski definition) is 1. The molecule has 1 unspecified atom stereocenters. The summed E-state index contributed by atoms with van der Waals surface area (Å²) in [6, 6.07) is 10.5. The van der Waals surface area contributed by atoms with Crippen LogP contribution in [0.4, 0.5) is 10.1 Å². The molecule has 0 saturated carbocycles. The van der Waals surface area contributed by atoms with Crippen LogP contribution in [0.1, 0.15) is 61.4 Å². The molecule has 1 aliphatic rings. The second-order valence-corrected chi connectivity index (χ2v) is 9.10. The highest BCUT2D eigenvalue weighted by atomic mass is 19.1. The third-order valence-corrected chi connectivity index (χ3v) is 6.49. The summed E-state index contributed by atoms with van der Waals surface area (Å²) in [5.74, 6) is -1.63. The maximum Gasteiger partial charge on any atom is 0.303 e. The van der Waals surface area contributed by atoms with Gasteiger partial charge in [0.1, 0.15) is 5.82 Å². The number of nitrogens with zero attached hydrogens (tertiary/aromatic N) is 3. The number of aromatic nitrogens is 2. The number of rotatable bonds is 10. The lowest BCUT2D eigenvalue weighted by molar-refractivity contribution is -0.137. The van der Waals surface area contributed by atoms with Crippen molar-refractivity contribution in [3.63, 3.8) is 0 Å². The number of carboxylic acids is 1. The molecule has 1 N–H and O–H groups in total. The second-order valence-electron chi connectivity index (χ2n) is 9.10. The number of hydrogen-bond acceptors (Lipinski definition) is 7. The van der Waals surface area contributed by atoms with Crippen LogP contribution in [-0.4, -0.2) is 46.7 Å². The molecule has 0 amide bonds. The number of anilines is 1. The molecule has 0 radical (unpaired) electrons. The molecule has 190 valence electrons. The number of ketones is 1. The molecule has 1 aliphatic heterocycles. The Labute approximate surface area is 209 Å². The van der Waals surface area contributed by atoms with Gasteiger partial charge in [-0.25, -0.2) is 4.39 Å². The number of carboxylic acid groups (broad SMARTS) is 1. The van der Waals surface area contributed by atoms with Crippen molar-refractivity contribution in [1.82, 2.24) is 10.1 Å². The molecule has 8 nitrogen and oxygen atoms in total. The summed E-state index contributed by atoms with van der Waals surface area (Å²) >= 11 is 0. The van der Waals surface area contributed by atoms with Gasteiger partial charge in [-0.1, -0.05) is 11.2 Å². The van der Waals surface area contributed by atoms with E-state index < -0.39 is 17.6 Å². The molecule has 1 atom stereocenters. The number of halogens is 1. The van der Waals surface area contributed by atoms with Crippen LogP contribution in [0.5, 0.6) is 0 Å². The van der Waals surface area contributed by atoms with E-state index in [1.165, 1.54) is 18.6 Å². The Morgan fingerprint density at radius 1 is 1.17 bits per heavy atom. The molecule has 1 aromatic heterocycles. The standard InChI is InChI=1S/C27H30FN3O5/c1-17-6-3-4-13-31(17)23-12-10-19(14-20(23)16-35-2)27-29-26(30-36-27)18-9-11-21(22(28)15-18)24(32)7-5-8-25(33)34/h9-12,14-15,17H,3-8,13,16H2,1-2H3,(H,33,34). The van der Waals surface area contributed by atoms with Gasteiger partial charge in [0.15, 0.2) is 5.78 Å². The Morgan fingerprint density at radius 3 is 2.69 bits per heavy atom. The minimum atomic E-state index is -0.989. The summed E-state index contributed by atoms with van der Waals surface area (Å²) in [5, 5.41) is 12.7. The average molecular weight is 496 g/mol. The van der Waals surface area contributed by atoms with Crippen molar-refractivity contribution in [3.05, 3.63) is 53.3 Å². The first kappa shape index (κ1) is 25.5. The van der Waals surface area contributed by atoms with Crippen molar-refractivity contribution in [3.8, 4) is 22.8 Å². The summed E-state index contributed by atoms with van der Waals surface area (Å²) in [5.41, 5.74) is 3.19. The SMILES string of the molecule is COCc1cc(-c2nc(-c3ccc(C(=O)CCCC(=O)O)c(F)c3)no2)ccc1N1CCCCC1C. The molecular formula is C27H30FN3O5. The molecule has 0 bridgehead atoms. The van der Waals surface area contributed by atoms with Crippen molar-refractivity contribution in [2.45, 2.75) is 58.1 Å². The van der Waals surface area contributed by atoms with Crippen LogP contribution in [0.2, 0.25) is 0 Å². The van der Waals surface area contributed by atoms with Crippen LogP contribution in [0, 0.1) is 5.82 Å². The minimum absolute atomic E-state index is 0.0368. The normalized spacial score (nSPS) is 15.8. The average Bonchev–Trinajstić information content (AvgIpc) is 3.35. The zero-order valence-corrected chi connectivity index (χ0v) is 20.5. The molecule has 1 fully saturated rings. The summed E-state index contributed by atoms with van der Waals surface area (Å²) in [6.07, 6.45) is 3.54. The fraction of sp³-hybridized carbons (Fsp3) is 0.407. The van der Waals surface area contributed by atoms with Gasteiger partial charge in [0.25, 0.3) is 5.89 Å². The largest absolute Gasteiger partial charge is 0.481 e. The van der Waals surface area contributed by atoms with Crippen LogP contribution in [0.3, 0.4) is 0 Å². The van der Waals surface area contributed by atoms with Gasteiger partial charge in [-0.3, -0.25) is 9.59 Å². The van der Waals surface area contributed by atoms with E-state index in [1.54, 1.807) is 13.2 Å². The number of piperidine rings is 1. The Morgan fingerprint density at radius 2 is 1.97 bits per heavy atom. The number of benzene rings is 2. The minimum Gasteiger partial charge on any atom is -0.481 e. The van der Waals surface area contributed by atoms with E-state index in [-0.39, 0.29) is 30.7 Å². The Balaban J connectivity index is 1.54. The number of aliphatic carboxylic acids is 1. The first-order chi connectivity index (χ1) is 17.4. The van der Waals surface area contributed by atoms with Crippen molar-refractivity contribution in [1.29, 1.82) is 0 Å². The van der Waals surface area contributed by atoms with E-state index in [1.807, 2.05) is 12.1 Å². The van der Waals surface area contributed by atoms with Crippen molar-refractivity contribution < 1.29 is 28.3 Å². The van der Waals surface area contributed by atoms with Crippen LogP contribution in [0.15, 0.2) is 40.9 Å². The lowest BCUT2D eigenvalue weighted by Gasteiger charge is -2.36. The van der Waals surface area contributed by atoms with E-state index >= 15 is 0 Å². The number of methoxy groups -OCH3 is 1. The lowest BCUT2D eigenvalue weighted by atomic mass is 10.00. The van der Waals surface area contributed by atoms with Crippen molar-refractivity contribution in [2.75, 3.05) is 18.6 Å². The Kier molecular flexibility index (Phi) is 8.10. The molecule has 0 aliphatic carbocycles. The summed E-state index contributed by atoms with van der Waals surface area (Å²) in [7, 11) is 1.66. The fourth-order valence-corrected chi connectivity index (χ4v) is 4.60. The molecule has 4 rings (SSSR count). The van der Waals surface area contributed by atoms with Gasteiger partial charge in [0, 0.05) is 54.9 Å². The van der Waals surface area contributed by atoms with E-state index in [0.717, 1.165) is 36.2 Å². The molecule has 1 saturated heterocycles. The summed E-state index contributed by atoms with van der Waals surface area (Å²) < 4.78 is 25.6. The van der Waals surface area contributed by atoms with E-state index in [2.05, 4.69) is 28.0 Å². The van der Waals surface area contributed by atoms with Gasteiger partial charge in [0.2, 0.25) is 5.82 Å². The van der Waals surface area contributed by atoms with E-state index in [0.29, 0.717) is 24.1 Å². The second kappa shape index (κ2) is 11.4. The fourth-order valence-electron chi connectivity index (χ4n) is 4.60. The zero-order chi connectivity index (χ0) is 25.7. The maximum atomic E-state index is 14.7. The first-order valence-electron chi connectivity index (χ1n) is 12.1. The van der Waals surface area contributed by atoms with Crippen LogP contribution in [0.25, 0.3) is 22.8 Å². The highest BCUT2D eigenvalue weighted by molar-refractivity contribution is 5.96. The predicted molar refractivity (Wildman–Crippen MR) is 132 cm³/mol. The number of carbonyl (C=O) groups excluding carboxylic acids is 1. The van der Waals surface area contributed by atoms with Gasteiger partial charge in [-0.05, 0) is 62.9 Å². The van der Waals surface area contributed by atoms with Crippen LogP contribution in [-0.2, 0) is 16.1 Å². The van der Waals surface area contributed by atoms with Gasteiger partial charge >= 0.3 is 5.97 Å².